The fourth-order valence-electron chi connectivity index (χ4n) is 11.3. The van der Waals surface area contributed by atoms with Gasteiger partial charge in [-0.05, 0) is 92.4 Å². The minimum Gasteiger partial charge on any atom is -0.479 e. The SMILES string of the molecule is O=C(NC1(C(=O)O)C2CC3CC(C2)CC1C3)c1cnc(N2CC3(CCCCC3)c3cc(-n4ncc5c4CCN(CC(F)(F)F)C5)ccc32)nc1C(F)(F)F. The molecule has 7 aliphatic rings. The van der Waals surface area contributed by atoms with Crippen molar-refractivity contribution in [3.63, 3.8) is 0 Å². The zero-order valence-corrected chi connectivity index (χ0v) is 29.5. The first kappa shape index (κ1) is 35.5. The number of nitrogens with zero attached hydrogens (tertiary/aromatic N) is 6. The molecule has 10 nitrogen and oxygen atoms in total. The second-order valence-corrected chi connectivity index (χ2v) is 16.6. The Morgan fingerprint density at radius 2 is 1.65 bits per heavy atom. The average Bonchev–Trinajstić information content (AvgIpc) is 3.67. The lowest BCUT2D eigenvalue weighted by atomic mass is 9.48. The molecule has 3 aromatic rings. The predicted octanol–water partition coefficient (Wildman–Crippen LogP) is 6.96. The summed E-state index contributed by atoms with van der Waals surface area (Å²) in [7, 11) is 0. The summed E-state index contributed by atoms with van der Waals surface area (Å²) in [4.78, 5) is 38.0. The van der Waals surface area contributed by atoms with Gasteiger partial charge in [0.25, 0.3) is 5.91 Å². The van der Waals surface area contributed by atoms with Gasteiger partial charge in [-0.15, -0.1) is 0 Å². The highest BCUT2D eigenvalue weighted by atomic mass is 19.4. The van der Waals surface area contributed by atoms with Gasteiger partial charge in [0.2, 0.25) is 5.95 Å². The number of halogens is 6. The fraction of sp³-hybridized carbons (Fsp3) is 0.605. The molecular formula is C38H41F6N7O3. The summed E-state index contributed by atoms with van der Waals surface area (Å²) < 4.78 is 85.5. The van der Waals surface area contributed by atoms with Gasteiger partial charge in [0.1, 0.15) is 5.54 Å². The van der Waals surface area contributed by atoms with Crippen LogP contribution in [0, 0.1) is 23.7 Å². The van der Waals surface area contributed by atoms with Gasteiger partial charge in [0.15, 0.2) is 5.69 Å². The first-order chi connectivity index (χ1) is 25.6. The first-order valence-electron chi connectivity index (χ1n) is 18.9. The van der Waals surface area contributed by atoms with E-state index < -0.39 is 53.0 Å². The molecule has 2 N–H and O–H groups in total. The number of aliphatic carboxylic acids is 1. The molecule has 1 spiro atoms. The second kappa shape index (κ2) is 12.4. The van der Waals surface area contributed by atoms with Crippen LogP contribution in [-0.4, -0.2) is 73.0 Å². The minimum absolute atomic E-state index is 0.129. The van der Waals surface area contributed by atoms with Crippen molar-refractivity contribution in [1.82, 2.24) is 30.0 Å². The number of aromatic nitrogens is 4. The minimum atomic E-state index is -5.03. The van der Waals surface area contributed by atoms with E-state index in [0.717, 1.165) is 61.5 Å². The maximum atomic E-state index is 14.8. The molecule has 10 rings (SSSR count). The van der Waals surface area contributed by atoms with Crippen molar-refractivity contribution in [1.29, 1.82) is 0 Å². The third-order valence-corrected chi connectivity index (χ3v) is 13.4. The Hall–Kier alpha value is -4.21. The van der Waals surface area contributed by atoms with Crippen LogP contribution in [0.3, 0.4) is 0 Å². The standard InChI is InChI=1S/C38H41F6N7O3/c39-36(40,41)20-49-9-6-29-23(18-49)16-46-51(29)26-4-5-30-28(15-26)35(7-2-1-3-8-35)19-50(30)34-45-17-27(31(47-34)38(42,43)44)32(52)48-37(33(53)54)24-11-21-10-22(13-24)14-25(37)12-21/h4-5,15-17,21-22,24-25H,1-3,6-14,18-20H2,(H,48,52)(H,53,54). The fourth-order valence-corrected chi connectivity index (χ4v) is 11.3. The van der Waals surface area contributed by atoms with Crippen LogP contribution in [0.4, 0.5) is 38.0 Å². The number of carboxylic acids is 1. The number of carbonyl (C=O) groups excluding carboxylic acids is 1. The summed E-state index contributed by atoms with van der Waals surface area (Å²) in [6.07, 6.45) is 1.51. The molecule has 0 unspecified atom stereocenters. The normalized spacial score (nSPS) is 28.7. The molecular weight excluding hydrogens is 716 g/mol. The van der Waals surface area contributed by atoms with E-state index in [-0.39, 0.29) is 30.9 Å². The van der Waals surface area contributed by atoms with Crippen LogP contribution in [0.15, 0.2) is 30.6 Å². The van der Waals surface area contributed by atoms with Crippen LogP contribution in [0.25, 0.3) is 5.69 Å². The molecule has 54 heavy (non-hydrogen) atoms. The Bertz CT molecular complexity index is 1980. The summed E-state index contributed by atoms with van der Waals surface area (Å²) in [5, 5.41) is 17.7. The van der Waals surface area contributed by atoms with Crippen molar-refractivity contribution in [2.45, 2.75) is 100 Å². The number of amides is 1. The van der Waals surface area contributed by atoms with E-state index in [1.54, 1.807) is 27.9 Å². The van der Waals surface area contributed by atoms with Crippen LogP contribution in [-0.2, 0) is 29.4 Å². The molecule has 16 heteroatoms. The van der Waals surface area contributed by atoms with Gasteiger partial charge in [0.05, 0.1) is 24.0 Å². The molecule has 2 aromatic heterocycles. The molecule has 5 fully saturated rings. The van der Waals surface area contributed by atoms with Crippen molar-refractivity contribution in [3.8, 4) is 5.69 Å². The number of carboxylic acid groups (broad SMARTS) is 1. The molecule has 4 bridgehead atoms. The Balaban J connectivity index is 1.04. The molecule has 5 saturated carbocycles. The van der Waals surface area contributed by atoms with E-state index in [1.165, 1.54) is 4.90 Å². The topological polar surface area (TPSA) is 116 Å². The van der Waals surface area contributed by atoms with Crippen molar-refractivity contribution >= 4 is 23.5 Å². The number of carbonyl (C=O) groups is 2. The predicted molar refractivity (Wildman–Crippen MR) is 182 cm³/mol. The number of alkyl halides is 6. The van der Waals surface area contributed by atoms with Crippen LogP contribution in [0.5, 0.6) is 0 Å². The molecule has 4 heterocycles. The molecule has 0 radical (unpaired) electrons. The average molecular weight is 758 g/mol. The van der Waals surface area contributed by atoms with Crippen LogP contribution >= 0.6 is 0 Å². The van der Waals surface area contributed by atoms with Crippen LogP contribution in [0.2, 0.25) is 0 Å². The molecule has 1 amide bonds. The smallest absolute Gasteiger partial charge is 0.434 e. The lowest BCUT2D eigenvalue weighted by molar-refractivity contribution is -0.163. The highest BCUT2D eigenvalue weighted by Gasteiger charge is 2.62. The Labute approximate surface area is 307 Å². The van der Waals surface area contributed by atoms with Crippen LogP contribution in [0.1, 0.15) is 97.1 Å². The number of anilines is 2. The Morgan fingerprint density at radius 3 is 2.30 bits per heavy atom. The van der Waals surface area contributed by atoms with Gasteiger partial charge in [-0.1, -0.05) is 19.3 Å². The molecule has 0 saturated heterocycles. The largest absolute Gasteiger partial charge is 0.479 e. The van der Waals surface area contributed by atoms with E-state index in [4.69, 9.17) is 0 Å². The highest BCUT2D eigenvalue weighted by Crippen LogP contribution is 2.58. The van der Waals surface area contributed by atoms with E-state index in [0.29, 0.717) is 61.9 Å². The van der Waals surface area contributed by atoms with Gasteiger partial charge < -0.3 is 15.3 Å². The van der Waals surface area contributed by atoms with Crippen molar-refractivity contribution in [2.24, 2.45) is 23.7 Å². The third kappa shape index (κ3) is 5.76. The number of rotatable bonds is 6. The molecule has 5 aliphatic carbocycles. The van der Waals surface area contributed by atoms with Crippen molar-refractivity contribution in [2.75, 3.05) is 24.5 Å². The zero-order chi connectivity index (χ0) is 37.8. The van der Waals surface area contributed by atoms with Crippen molar-refractivity contribution < 1.29 is 41.0 Å². The third-order valence-electron chi connectivity index (χ3n) is 13.4. The lowest BCUT2D eigenvalue weighted by Crippen LogP contribution is -2.70. The number of hydrogen-bond donors (Lipinski definition) is 2. The maximum Gasteiger partial charge on any atom is 0.434 e. The van der Waals surface area contributed by atoms with Crippen molar-refractivity contribution in [3.05, 3.63) is 58.7 Å². The van der Waals surface area contributed by atoms with Gasteiger partial charge >= 0.3 is 18.3 Å². The molecule has 1 aromatic carbocycles. The summed E-state index contributed by atoms with van der Waals surface area (Å²) in [5.74, 6) is -2.50. The highest BCUT2D eigenvalue weighted by molar-refractivity contribution is 5.99. The summed E-state index contributed by atoms with van der Waals surface area (Å²) in [6.45, 7) is -0.313. The lowest BCUT2D eigenvalue weighted by Gasteiger charge is -2.59. The molecule has 0 atom stereocenters. The van der Waals surface area contributed by atoms with Crippen LogP contribution < -0.4 is 10.2 Å². The van der Waals surface area contributed by atoms with E-state index in [1.807, 2.05) is 6.07 Å². The molecule has 288 valence electrons. The van der Waals surface area contributed by atoms with Gasteiger partial charge in [-0.25, -0.2) is 19.4 Å². The first-order valence-corrected chi connectivity index (χ1v) is 18.9. The Kier molecular flexibility index (Phi) is 8.15. The van der Waals surface area contributed by atoms with E-state index >= 15 is 0 Å². The number of nitrogens with one attached hydrogen (secondary N) is 1. The Morgan fingerprint density at radius 1 is 0.944 bits per heavy atom. The maximum absolute atomic E-state index is 14.8. The number of fused-ring (bicyclic) bond motifs is 3. The number of hydrogen-bond acceptors (Lipinski definition) is 7. The second-order valence-electron chi connectivity index (χ2n) is 16.6. The summed E-state index contributed by atoms with van der Waals surface area (Å²) in [5.41, 5.74) is -0.454. The van der Waals surface area contributed by atoms with Gasteiger partial charge in [-0.2, -0.15) is 31.4 Å². The van der Waals surface area contributed by atoms with E-state index in [9.17, 15) is 41.0 Å². The quantitative estimate of drug-likeness (QED) is 0.260. The monoisotopic (exact) mass is 757 g/mol. The summed E-state index contributed by atoms with van der Waals surface area (Å²) in [6, 6.07) is 5.59. The number of benzene rings is 1. The van der Waals surface area contributed by atoms with E-state index in [2.05, 4.69) is 20.4 Å². The molecule has 2 aliphatic heterocycles. The van der Waals surface area contributed by atoms with Gasteiger partial charge in [-0.3, -0.25) is 9.69 Å². The zero-order valence-electron chi connectivity index (χ0n) is 29.5. The summed E-state index contributed by atoms with van der Waals surface area (Å²) >= 11 is 0. The van der Waals surface area contributed by atoms with Gasteiger partial charge in [0, 0.05) is 54.6 Å².